The summed E-state index contributed by atoms with van der Waals surface area (Å²) in [6.07, 6.45) is 6.14. The quantitative estimate of drug-likeness (QED) is 0.697. The van der Waals surface area contributed by atoms with Gasteiger partial charge in [0, 0.05) is 0 Å². The lowest BCUT2D eigenvalue weighted by molar-refractivity contribution is 0.415. The molecular formula is C9H12N2O. The molecule has 1 aromatic heterocycles. The molecule has 1 N–H and O–H groups in total. The summed E-state index contributed by atoms with van der Waals surface area (Å²) >= 11 is 0. The van der Waals surface area contributed by atoms with Crippen LogP contribution in [-0.2, 0) is 0 Å². The first-order valence-electron chi connectivity index (χ1n) is 3.92. The zero-order chi connectivity index (χ0) is 8.97. The van der Waals surface area contributed by atoms with Crippen molar-refractivity contribution in [3.63, 3.8) is 0 Å². The van der Waals surface area contributed by atoms with Crippen molar-refractivity contribution in [3.8, 4) is 0 Å². The summed E-state index contributed by atoms with van der Waals surface area (Å²) in [6, 6.07) is 0. The maximum absolute atomic E-state index is 7.60. The van der Waals surface area contributed by atoms with Gasteiger partial charge < -0.3 is 9.93 Å². The van der Waals surface area contributed by atoms with Crippen LogP contribution in [0.1, 0.15) is 24.6 Å². The number of rotatable bonds is 3. The minimum atomic E-state index is 0.454. The van der Waals surface area contributed by atoms with Gasteiger partial charge in [0.05, 0.1) is 17.0 Å². The number of aromatic nitrogens is 1. The predicted molar refractivity (Wildman–Crippen MR) is 47.5 cm³/mol. The standard InChI is InChI=1S/C9H12N2O/c1-3-4-5-9(10)8-6-12-11-7(8)2/h4-6,10H,3H2,1-2H3/b5-4-,10-9?. The molecule has 0 aliphatic carbocycles. The lowest BCUT2D eigenvalue weighted by Gasteiger charge is -1.91. The molecule has 0 saturated heterocycles. The van der Waals surface area contributed by atoms with Crippen LogP contribution in [0.5, 0.6) is 0 Å². The van der Waals surface area contributed by atoms with Crippen LogP contribution < -0.4 is 0 Å². The van der Waals surface area contributed by atoms with Crippen LogP contribution in [0.3, 0.4) is 0 Å². The van der Waals surface area contributed by atoms with Crippen molar-refractivity contribution in [2.75, 3.05) is 0 Å². The van der Waals surface area contributed by atoms with Crippen LogP contribution in [0.15, 0.2) is 22.9 Å². The summed E-state index contributed by atoms with van der Waals surface area (Å²) in [6.45, 7) is 3.86. The fourth-order valence-electron chi connectivity index (χ4n) is 0.876. The summed E-state index contributed by atoms with van der Waals surface area (Å²) in [7, 11) is 0. The first-order valence-corrected chi connectivity index (χ1v) is 3.92. The Kier molecular flexibility index (Phi) is 2.80. The third-order valence-electron chi connectivity index (χ3n) is 1.56. The third kappa shape index (κ3) is 1.81. The van der Waals surface area contributed by atoms with E-state index in [1.54, 1.807) is 6.08 Å². The fourth-order valence-corrected chi connectivity index (χ4v) is 0.876. The summed E-state index contributed by atoms with van der Waals surface area (Å²) in [5.74, 6) is 0. The van der Waals surface area contributed by atoms with Crippen molar-refractivity contribution in [1.82, 2.24) is 5.16 Å². The normalized spacial score (nSPS) is 10.8. The largest absolute Gasteiger partial charge is 0.364 e. The second-order valence-electron chi connectivity index (χ2n) is 2.54. The first kappa shape index (κ1) is 8.71. The molecule has 0 bridgehead atoms. The van der Waals surface area contributed by atoms with Gasteiger partial charge in [-0.1, -0.05) is 18.2 Å². The molecule has 0 atom stereocenters. The van der Waals surface area contributed by atoms with Gasteiger partial charge in [-0.2, -0.15) is 0 Å². The van der Waals surface area contributed by atoms with Gasteiger partial charge in [0.15, 0.2) is 0 Å². The monoisotopic (exact) mass is 164 g/mol. The molecule has 1 aromatic rings. The maximum Gasteiger partial charge on any atom is 0.133 e. The lowest BCUT2D eigenvalue weighted by Crippen LogP contribution is -1.94. The van der Waals surface area contributed by atoms with E-state index in [2.05, 4.69) is 5.16 Å². The molecule has 0 radical (unpaired) electrons. The van der Waals surface area contributed by atoms with Crippen LogP contribution in [-0.4, -0.2) is 10.9 Å². The van der Waals surface area contributed by atoms with Crippen LogP contribution >= 0.6 is 0 Å². The zero-order valence-corrected chi connectivity index (χ0v) is 7.29. The fraction of sp³-hybridized carbons (Fsp3) is 0.333. The van der Waals surface area contributed by atoms with Crippen LogP contribution in [0, 0.1) is 12.3 Å². The number of nitrogens with one attached hydrogen (secondary N) is 1. The molecule has 0 saturated carbocycles. The number of nitrogens with zero attached hydrogens (tertiary/aromatic N) is 1. The Morgan fingerprint density at radius 3 is 3.00 bits per heavy atom. The SMILES string of the molecule is CC/C=C\C(=N)c1conc1C. The van der Waals surface area contributed by atoms with Crippen LogP contribution in [0.2, 0.25) is 0 Å². The van der Waals surface area contributed by atoms with E-state index < -0.39 is 0 Å². The van der Waals surface area contributed by atoms with Gasteiger partial charge in [-0.05, 0) is 19.4 Å². The molecule has 12 heavy (non-hydrogen) atoms. The van der Waals surface area contributed by atoms with Gasteiger partial charge in [0.1, 0.15) is 6.26 Å². The molecular weight excluding hydrogens is 152 g/mol. The van der Waals surface area contributed by atoms with E-state index in [-0.39, 0.29) is 0 Å². The molecule has 0 amide bonds. The number of hydrogen-bond donors (Lipinski definition) is 1. The van der Waals surface area contributed by atoms with Crippen molar-refractivity contribution in [3.05, 3.63) is 29.7 Å². The predicted octanol–water partition coefficient (Wildman–Crippen LogP) is 2.32. The molecule has 1 heterocycles. The van der Waals surface area contributed by atoms with E-state index in [1.165, 1.54) is 6.26 Å². The highest BCUT2D eigenvalue weighted by Crippen LogP contribution is 2.06. The Labute approximate surface area is 71.6 Å². The van der Waals surface area contributed by atoms with Gasteiger partial charge in [0.2, 0.25) is 0 Å². The zero-order valence-electron chi connectivity index (χ0n) is 7.29. The number of allylic oxidation sites excluding steroid dienone is 2. The van der Waals surface area contributed by atoms with E-state index in [1.807, 2.05) is 19.9 Å². The molecule has 0 unspecified atom stereocenters. The van der Waals surface area contributed by atoms with Crippen molar-refractivity contribution >= 4 is 5.71 Å². The molecule has 1 rings (SSSR count). The maximum atomic E-state index is 7.60. The Balaban J connectivity index is 2.78. The highest BCUT2D eigenvalue weighted by molar-refractivity contribution is 6.06. The van der Waals surface area contributed by atoms with Gasteiger partial charge in [0.25, 0.3) is 0 Å². The molecule has 0 fully saturated rings. The second kappa shape index (κ2) is 3.85. The molecule has 3 heteroatoms. The summed E-state index contributed by atoms with van der Waals surface area (Å²) in [5.41, 5.74) is 1.98. The Morgan fingerprint density at radius 2 is 2.50 bits per heavy atom. The Bertz CT molecular complexity index is 299. The van der Waals surface area contributed by atoms with Crippen LogP contribution in [0.25, 0.3) is 0 Å². The Morgan fingerprint density at radius 1 is 1.75 bits per heavy atom. The summed E-state index contributed by atoms with van der Waals surface area (Å²) in [4.78, 5) is 0. The molecule has 0 aromatic carbocycles. The number of hydrogen-bond acceptors (Lipinski definition) is 3. The van der Waals surface area contributed by atoms with Crippen molar-refractivity contribution in [1.29, 1.82) is 5.41 Å². The Hall–Kier alpha value is -1.38. The molecule has 0 aliphatic heterocycles. The van der Waals surface area contributed by atoms with E-state index in [0.717, 1.165) is 17.7 Å². The average Bonchev–Trinajstić information content (AvgIpc) is 2.47. The van der Waals surface area contributed by atoms with Crippen molar-refractivity contribution in [2.45, 2.75) is 20.3 Å². The smallest absolute Gasteiger partial charge is 0.133 e. The third-order valence-corrected chi connectivity index (χ3v) is 1.56. The minimum absolute atomic E-state index is 0.454. The topological polar surface area (TPSA) is 49.9 Å². The van der Waals surface area contributed by atoms with Crippen molar-refractivity contribution in [2.24, 2.45) is 0 Å². The number of aryl methyl sites for hydroxylation is 1. The molecule has 0 spiro atoms. The molecule has 3 nitrogen and oxygen atoms in total. The van der Waals surface area contributed by atoms with Gasteiger partial charge in [-0.3, -0.25) is 0 Å². The second-order valence-corrected chi connectivity index (χ2v) is 2.54. The van der Waals surface area contributed by atoms with E-state index in [4.69, 9.17) is 9.93 Å². The van der Waals surface area contributed by atoms with Gasteiger partial charge >= 0.3 is 0 Å². The van der Waals surface area contributed by atoms with E-state index in [9.17, 15) is 0 Å². The van der Waals surface area contributed by atoms with E-state index >= 15 is 0 Å². The van der Waals surface area contributed by atoms with Crippen LogP contribution in [0.4, 0.5) is 0 Å². The van der Waals surface area contributed by atoms with E-state index in [0.29, 0.717) is 5.71 Å². The first-order chi connectivity index (χ1) is 5.75. The lowest BCUT2D eigenvalue weighted by atomic mass is 10.1. The minimum Gasteiger partial charge on any atom is -0.364 e. The highest BCUT2D eigenvalue weighted by atomic mass is 16.5. The highest BCUT2D eigenvalue weighted by Gasteiger charge is 2.04. The summed E-state index contributed by atoms with van der Waals surface area (Å²) in [5, 5.41) is 11.3. The molecule has 0 aliphatic rings. The summed E-state index contributed by atoms with van der Waals surface area (Å²) < 4.78 is 4.72. The van der Waals surface area contributed by atoms with Gasteiger partial charge in [-0.25, -0.2) is 0 Å². The van der Waals surface area contributed by atoms with Crippen molar-refractivity contribution < 1.29 is 4.52 Å². The average molecular weight is 164 g/mol. The van der Waals surface area contributed by atoms with Gasteiger partial charge in [-0.15, -0.1) is 0 Å². The molecule has 64 valence electrons.